The van der Waals surface area contributed by atoms with E-state index in [1.807, 2.05) is 0 Å². The number of benzene rings is 3. The molecule has 3 aromatic carbocycles. The molecule has 0 fully saturated rings. The molecule has 0 amide bonds. The van der Waals surface area contributed by atoms with Crippen LogP contribution in [0.1, 0.15) is 26.3 Å². The van der Waals surface area contributed by atoms with Gasteiger partial charge in [-0.3, -0.25) is 0 Å². The molecule has 7 heteroatoms. The molecule has 3 aromatic rings. The van der Waals surface area contributed by atoms with Crippen LogP contribution in [0.3, 0.4) is 0 Å². The summed E-state index contributed by atoms with van der Waals surface area (Å²) in [6, 6.07) is 19.6. The maximum atomic E-state index is 12.1. The zero-order valence-electron chi connectivity index (χ0n) is 14.6. The highest BCUT2D eigenvalue weighted by molar-refractivity contribution is 6.30. The minimum absolute atomic E-state index is 0.196. The fourth-order valence-corrected chi connectivity index (χ4v) is 2.50. The zero-order chi connectivity index (χ0) is 19.9. The lowest BCUT2D eigenvalue weighted by molar-refractivity contribution is 0.0694. The van der Waals surface area contributed by atoms with Gasteiger partial charge in [-0.2, -0.15) is 10.2 Å². The second kappa shape index (κ2) is 8.92. The standard InChI is InChI=1S/C21H15ClN2O4/c22-17-3-1-2-16(12-17)21(27)28-19-10-4-14(5-11-19)13-23-24-18-8-6-15(7-9-18)20(25)26/h1-12H,13H2,(H,25,26). The molecule has 0 bridgehead atoms. The van der Waals surface area contributed by atoms with Gasteiger partial charge in [-0.1, -0.05) is 29.8 Å². The van der Waals surface area contributed by atoms with Gasteiger partial charge in [0.1, 0.15) is 5.75 Å². The largest absolute Gasteiger partial charge is 0.478 e. The van der Waals surface area contributed by atoms with Crippen molar-refractivity contribution in [3.8, 4) is 5.75 Å². The van der Waals surface area contributed by atoms with Crippen molar-refractivity contribution in [3.05, 3.63) is 94.5 Å². The summed E-state index contributed by atoms with van der Waals surface area (Å²) in [5.41, 5.74) is 2.02. The number of rotatable bonds is 6. The van der Waals surface area contributed by atoms with Gasteiger partial charge >= 0.3 is 11.9 Å². The SMILES string of the molecule is O=C(O)c1ccc(N=NCc2ccc(OC(=O)c3cccc(Cl)c3)cc2)cc1. The van der Waals surface area contributed by atoms with Crippen LogP contribution < -0.4 is 4.74 Å². The first-order valence-electron chi connectivity index (χ1n) is 8.29. The van der Waals surface area contributed by atoms with E-state index in [0.29, 0.717) is 28.6 Å². The van der Waals surface area contributed by atoms with Gasteiger partial charge in [-0.05, 0) is 60.2 Å². The van der Waals surface area contributed by atoms with Crippen molar-refractivity contribution in [3.63, 3.8) is 0 Å². The van der Waals surface area contributed by atoms with Crippen LogP contribution >= 0.6 is 11.6 Å². The topological polar surface area (TPSA) is 88.3 Å². The highest BCUT2D eigenvalue weighted by Gasteiger charge is 2.09. The highest BCUT2D eigenvalue weighted by atomic mass is 35.5. The lowest BCUT2D eigenvalue weighted by Crippen LogP contribution is -2.08. The number of hydrogen-bond acceptors (Lipinski definition) is 5. The molecule has 0 radical (unpaired) electrons. The summed E-state index contributed by atoms with van der Waals surface area (Å²) in [7, 11) is 0. The predicted octanol–water partition coefficient (Wildman–Crippen LogP) is 5.54. The van der Waals surface area contributed by atoms with E-state index in [0.717, 1.165) is 5.56 Å². The first-order valence-corrected chi connectivity index (χ1v) is 8.66. The molecule has 0 saturated carbocycles. The number of carbonyl (C=O) groups excluding carboxylic acids is 1. The van der Waals surface area contributed by atoms with Crippen LogP contribution in [0.4, 0.5) is 5.69 Å². The third kappa shape index (κ3) is 5.25. The van der Waals surface area contributed by atoms with Gasteiger partial charge in [0.25, 0.3) is 0 Å². The number of nitrogens with zero attached hydrogens (tertiary/aromatic N) is 2. The predicted molar refractivity (Wildman–Crippen MR) is 104 cm³/mol. The number of carboxylic acid groups (broad SMARTS) is 1. The van der Waals surface area contributed by atoms with Gasteiger partial charge < -0.3 is 9.84 Å². The molecule has 0 aliphatic heterocycles. The Morgan fingerprint density at radius 1 is 0.929 bits per heavy atom. The van der Waals surface area contributed by atoms with E-state index in [2.05, 4.69) is 10.2 Å². The first-order chi connectivity index (χ1) is 13.5. The van der Waals surface area contributed by atoms with E-state index in [-0.39, 0.29) is 5.56 Å². The van der Waals surface area contributed by atoms with Crippen molar-refractivity contribution >= 4 is 29.2 Å². The Labute approximate surface area is 166 Å². The van der Waals surface area contributed by atoms with Gasteiger partial charge in [-0.15, -0.1) is 0 Å². The van der Waals surface area contributed by atoms with Crippen molar-refractivity contribution in [2.24, 2.45) is 10.2 Å². The van der Waals surface area contributed by atoms with E-state index < -0.39 is 11.9 Å². The van der Waals surface area contributed by atoms with Crippen LogP contribution in [0, 0.1) is 0 Å². The quantitative estimate of drug-likeness (QED) is 0.337. The molecular weight excluding hydrogens is 380 g/mol. The van der Waals surface area contributed by atoms with E-state index >= 15 is 0 Å². The molecule has 0 aliphatic carbocycles. The number of ether oxygens (including phenoxy) is 1. The minimum Gasteiger partial charge on any atom is -0.478 e. The van der Waals surface area contributed by atoms with Gasteiger partial charge in [0.15, 0.2) is 0 Å². The third-order valence-electron chi connectivity index (χ3n) is 3.75. The summed E-state index contributed by atoms with van der Waals surface area (Å²) < 4.78 is 5.32. The molecule has 0 heterocycles. The molecule has 6 nitrogen and oxygen atoms in total. The average molecular weight is 395 g/mol. The zero-order valence-corrected chi connectivity index (χ0v) is 15.3. The normalized spacial score (nSPS) is 10.8. The van der Waals surface area contributed by atoms with Gasteiger partial charge in [-0.25, -0.2) is 9.59 Å². The van der Waals surface area contributed by atoms with Crippen LogP contribution in [0.25, 0.3) is 0 Å². The van der Waals surface area contributed by atoms with Crippen LogP contribution in [-0.2, 0) is 6.54 Å². The smallest absolute Gasteiger partial charge is 0.343 e. The molecule has 3 rings (SSSR count). The molecular formula is C21H15ClN2O4. The van der Waals surface area contributed by atoms with E-state index in [1.165, 1.54) is 12.1 Å². The summed E-state index contributed by atoms with van der Waals surface area (Å²) in [4.78, 5) is 22.9. The summed E-state index contributed by atoms with van der Waals surface area (Å²) in [6.07, 6.45) is 0. The van der Waals surface area contributed by atoms with E-state index in [9.17, 15) is 9.59 Å². The van der Waals surface area contributed by atoms with Crippen molar-refractivity contribution in [1.82, 2.24) is 0 Å². The van der Waals surface area contributed by atoms with E-state index in [1.54, 1.807) is 60.7 Å². The average Bonchev–Trinajstić information content (AvgIpc) is 2.69. The number of hydrogen-bond donors (Lipinski definition) is 1. The van der Waals surface area contributed by atoms with Crippen molar-refractivity contribution in [2.75, 3.05) is 0 Å². The fraction of sp³-hybridized carbons (Fsp3) is 0.0476. The van der Waals surface area contributed by atoms with Gasteiger partial charge in [0.2, 0.25) is 0 Å². The van der Waals surface area contributed by atoms with E-state index in [4.69, 9.17) is 21.4 Å². The molecule has 0 aliphatic rings. The minimum atomic E-state index is -0.986. The second-order valence-corrected chi connectivity index (χ2v) is 6.23. The Bertz CT molecular complexity index is 1020. The Balaban J connectivity index is 1.56. The third-order valence-corrected chi connectivity index (χ3v) is 3.98. The lowest BCUT2D eigenvalue weighted by Gasteiger charge is -2.05. The number of aromatic carboxylic acids is 1. The van der Waals surface area contributed by atoms with Gasteiger partial charge in [0.05, 0.1) is 23.4 Å². The number of carboxylic acids is 1. The second-order valence-electron chi connectivity index (χ2n) is 5.80. The van der Waals surface area contributed by atoms with Crippen molar-refractivity contribution in [2.45, 2.75) is 6.54 Å². The lowest BCUT2D eigenvalue weighted by atomic mass is 10.2. The number of azo groups is 1. The molecule has 0 aromatic heterocycles. The summed E-state index contributed by atoms with van der Waals surface area (Å²) in [5.74, 6) is -1.06. The van der Waals surface area contributed by atoms with Gasteiger partial charge in [0, 0.05) is 5.02 Å². The Morgan fingerprint density at radius 2 is 1.64 bits per heavy atom. The monoisotopic (exact) mass is 394 g/mol. The maximum Gasteiger partial charge on any atom is 0.343 e. The highest BCUT2D eigenvalue weighted by Crippen LogP contribution is 2.18. The number of halogens is 1. The van der Waals surface area contributed by atoms with Crippen LogP contribution in [0.5, 0.6) is 5.75 Å². The molecule has 28 heavy (non-hydrogen) atoms. The summed E-state index contributed by atoms with van der Waals surface area (Å²) >= 11 is 5.87. The number of carbonyl (C=O) groups is 2. The molecule has 0 atom stereocenters. The molecule has 0 unspecified atom stereocenters. The molecule has 1 N–H and O–H groups in total. The van der Waals surface area contributed by atoms with Crippen LogP contribution in [0.15, 0.2) is 83.0 Å². The Morgan fingerprint density at radius 3 is 2.29 bits per heavy atom. The van der Waals surface area contributed by atoms with Crippen molar-refractivity contribution < 1.29 is 19.4 Å². The Kier molecular flexibility index (Phi) is 6.14. The Hall–Kier alpha value is -3.51. The number of esters is 1. The fourth-order valence-electron chi connectivity index (χ4n) is 2.31. The summed E-state index contributed by atoms with van der Waals surface area (Å²) in [5, 5.41) is 17.5. The van der Waals surface area contributed by atoms with Crippen LogP contribution in [-0.4, -0.2) is 17.0 Å². The molecule has 0 saturated heterocycles. The van der Waals surface area contributed by atoms with Crippen molar-refractivity contribution in [1.29, 1.82) is 0 Å². The molecule has 140 valence electrons. The summed E-state index contributed by atoms with van der Waals surface area (Å²) in [6.45, 7) is 0.337. The first kappa shape index (κ1) is 19.3. The van der Waals surface area contributed by atoms with Crippen LogP contribution in [0.2, 0.25) is 5.02 Å². The maximum absolute atomic E-state index is 12.1. The molecule has 0 spiro atoms.